The minimum atomic E-state index is -0.261. The molecule has 3 aromatic rings. The van der Waals surface area contributed by atoms with Gasteiger partial charge in [0.2, 0.25) is 0 Å². The highest BCUT2D eigenvalue weighted by Gasteiger charge is 2.05. The fraction of sp³-hybridized carbons (Fsp3) is 0.0526. The fourth-order valence-corrected chi connectivity index (χ4v) is 3.49. The Kier molecular flexibility index (Phi) is 6.39. The van der Waals surface area contributed by atoms with Gasteiger partial charge in [0.15, 0.2) is 0 Å². The summed E-state index contributed by atoms with van der Waals surface area (Å²) in [5.41, 5.74) is 1.70. The third-order valence-corrected chi connectivity index (χ3v) is 5.18. The molecule has 2 aromatic carbocycles. The van der Waals surface area contributed by atoms with Crippen LogP contribution in [0.4, 0.5) is 10.5 Å². The van der Waals surface area contributed by atoms with Crippen LogP contribution in [0.15, 0.2) is 76.8 Å². The van der Waals surface area contributed by atoms with Crippen molar-refractivity contribution < 1.29 is 4.79 Å². The lowest BCUT2D eigenvalue weighted by Crippen LogP contribution is -2.28. The molecule has 7 heteroatoms. The van der Waals surface area contributed by atoms with Crippen molar-refractivity contribution in [1.82, 2.24) is 10.3 Å². The highest BCUT2D eigenvalue weighted by atomic mass is 35.5. The molecule has 2 amide bonds. The normalized spacial score (nSPS) is 10.4. The monoisotopic (exact) mass is 403 g/mol. The number of hydrogen-bond acceptors (Lipinski definition) is 3. The van der Waals surface area contributed by atoms with Crippen LogP contribution in [0.2, 0.25) is 10.0 Å². The van der Waals surface area contributed by atoms with Crippen molar-refractivity contribution in [2.45, 2.75) is 16.3 Å². The van der Waals surface area contributed by atoms with Crippen LogP contribution in [0.1, 0.15) is 5.56 Å². The maximum absolute atomic E-state index is 12.0. The van der Waals surface area contributed by atoms with E-state index in [1.807, 2.05) is 42.5 Å². The summed E-state index contributed by atoms with van der Waals surface area (Å²) in [5, 5.41) is 6.82. The van der Waals surface area contributed by atoms with E-state index in [1.165, 1.54) is 11.8 Å². The number of carbonyl (C=O) groups is 1. The third-order valence-electron chi connectivity index (χ3n) is 3.44. The van der Waals surface area contributed by atoms with Crippen LogP contribution in [-0.2, 0) is 6.54 Å². The van der Waals surface area contributed by atoms with Gasteiger partial charge in [0.05, 0.1) is 5.02 Å². The molecule has 0 bridgehead atoms. The van der Waals surface area contributed by atoms with Crippen LogP contribution >= 0.6 is 35.0 Å². The first-order valence-corrected chi connectivity index (χ1v) is 9.34. The van der Waals surface area contributed by atoms with Crippen molar-refractivity contribution in [2.24, 2.45) is 0 Å². The number of aromatic nitrogens is 1. The Hall–Kier alpha value is -2.21. The minimum absolute atomic E-state index is 0.261. The molecular weight excluding hydrogens is 389 g/mol. The highest BCUT2D eigenvalue weighted by Crippen LogP contribution is 2.35. The predicted molar refractivity (Wildman–Crippen MR) is 107 cm³/mol. The first-order valence-electron chi connectivity index (χ1n) is 7.77. The second-order valence-corrected chi connectivity index (χ2v) is 7.32. The Morgan fingerprint density at radius 2 is 1.73 bits per heavy atom. The van der Waals surface area contributed by atoms with Crippen molar-refractivity contribution in [3.63, 3.8) is 0 Å². The van der Waals surface area contributed by atoms with Gasteiger partial charge in [0.25, 0.3) is 0 Å². The topological polar surface area (TPSA) is 54.0 Å². The maximum atomic E-state index is 12.0. The smallest absolute Gasteiger partial charge is 0.319 e. The minimum Gasteiger partial charge on any atom is -0.334 e. The number of anilines is 1. The molecule has 0 spiro atoms. The number of urea groups is 1. The summed E-state index contributed by atoms with van der Waals surface area (Å²) in [6.45, 7) is 0.442. The van der Waals surface area contributed by atoms with E-state index >= 15 is 0 Å². The van der Waals surface area contributed by atoms with Crippen LogP contribution < -0.4 is 10.6 Å². The first kappa shape index (κ1) is 18.6. The Balaban J connectivity index is 1.54. The van der Waals surface area contributed by atoms with Gasteiger partial charge in [-0.2, -0.15) is 0 Å². The van der Waals surface area contributed by atoms with E-state index in [-0.39, 0.29) is 6.03 Å². The van der Waals surface area contributed by atoms with Crippen molar-refractivity contribution in [1.29, 1.82) is 0 Å². The van der Waals surface area contributed by atoms with Gasteiger partial charge in [-0.15, -0.1) is 0 Å². The number of nitrogens with one attached hydrogen (secondary N) is 2. The standard InChI is InChI=1S/C19H15Cl2N3OS/c20-14-1-6-18(17(21)11-14)26-16-4-2-15(3-5-16)24-19(25)23-12-13-7-9-22-10-8-13/h1-11H,12H2,(H2,23,24,25). The number of hydrogen-bond donors (Lipinski definition) is 2. The van der Waals surface area contributed by atoms with E-state index in [2.05, 4.69) is 15.6 Å². The molecule has 132 valence electrons. The summed E-state index contributed by atoms with van der Waals surface area (Å²) in [6.07, 6.45) is 3.39. The van der Waals surface area contributed by atoms with E-state index < -0.39 is 0 Å². The summed E-state index contributed by atoms with van der Waals surface area (Å²) in [7, 11) is 0. The summed E-state index contributed by atoms with van der Waals surface area (Å²) >= 11 is 13.6. The van der Waals surface area contributed by atoms with Crippen LogP contribution in [0.5, 0.6) is 0 Å². The van der Waals surface area contributed by atoms with E-state index in [1.54, 1.807) is 24.5 Å². The number of pyridine rings is 1. The zero-order valence-electron chi connectivity index (χ0n) is 13.6. The van der Waals surface area contributed by atoms with Gasteiger partial charge in [-0.3, -0.25) is 4.98 Å². The zero-order chi connectivity index (χ0) is 18.4. The lowest BCUT2D eigenvalue weighted by Gasteiger charge is -2.09. The molecular formula is C19H15Cl2N3OS. The SMILES string of the molecule is O=C(NCc1ccncc1)Nc1ccc(Sc2ccc(Cl)cc2Cl)cc1. The number of benzene rings is 2. The molecule has 0 unspecified atom stereocenters. The first-order chi connectivity index (χ1) is 12.6. The molecule has 4 nitrogen and oxygen atoms in total. The summed E-state index contributed by atoms with van der Waals surface area (Å²) < 4.78 is 0. The van der Waals surface area contributed by atoms with Crippen LogP contribution in [-0.4, -0.2) is 11.0 Å². The largest absolute Gasteiger partial charge is 0.334 e. The Bertz CT molecular complexity index is 889. The van der Waals surface area contributed by atoms with E-state index in [0.717, 1.165) is 15.4 Å². The zero-order valence-corrected chi connectivity index (χ0v) is 15.9. The van der Waals surface area contributed by atoms with E-state index in [4.69, 9.17) is 23.2 Å². The molecule has 0 aliphatic heterocycles. The average molecular weight is 404 g/mol. The fourth-order valence-electron chi connectivity index (χ4n) is 2.15. The van der Waals surface area contributed by atoms with Gasteiger partial charge in [-0.1, -0.05) is 35.0 Å². The number of rotatable bonds is 5. The lowest BCUT2D eigenvalue weighted by atomic mass is 10.3. The third kappa shape index (κ3) is 5.39. The highest BCUT2D eigenvalue weighted by molar-refractivity contribution is 7.99. The molecule has 0 saturated carbocycles. The molecule has 2 N–H and O–H groups in total. The van der Waals surface area contributed by atoms with Gasteiger partial charge in [0, 0.05) is 39.4 Å². The van der Waals surface area contributed by atoms with Gasteiger partial charge in [-0.25, -0.2) is 4.79 Å². The molecule has 0 aliphatic carbocycles. The molecule has 26 heavy (non-hydrogen) atoms. The Morgan fingerprint density at radius 1 is 1.00 bits per heavy atom. The van der Waals surface area contributed by atoms with Gasteiger partial charge in [-0.05, 0) is 60.2 Å². The van der Waals surface area contributed by atoms with Crippen LogP contribution in [0.25, 0.3) is 0 Å². The second kappa shape index (κ2) is 8.94. The van der Waals surface area contributed by atoms with Crippen molar-refractivity contribution in [3.8, 4) is 0 Å². The molecule has 0 saturated heterocycles. The average Bonchev–Trinajstić information content (AvgIpc) is 2.65. The van der Waals surface area contributed by atoms with Crippen molar-refractivity contribution >= 4 is 46.7 Å². The molecule has 3 rings (SSSR count). The van der Waals surface area contributed by atoms with Crippen LogP contribution in [0.3, 0.4) is 0 Å². The lowest BCUT2D eigenvalue weighted by molar-refractivity contribution is 0.251. The quantitative estimate of drug-likeness (QED) is 0.560. The van der Waals surface area contributed by atoms with Crippen molar-refractivity contribution in [3.05, 3.63) is 82.6 Å². The van der Waals surface area contributed by atoms with Gasteiger partial charge < -0.3 is 10.6 Å². The number of halogens is 2. The number of amides is 2. The Labute approximate surface area is 165 Å². The number of carbonyl (C=O) groups excluding carboxylic acids is 1. The molecule has 1 heterocycles. The molecule has 0 atom stereocenters. The molecule has 0 aliphatic rings. The Morgan fingerprint density at radius 3 is 2.42 bits per heavy atom. The summed E-state index contributed by atoms with van der Waals surface area (Å²) in [5.74, 6) is 0. The summed E-state index contributed by atoms with van der Waals surface area (Å²) in [4.78, 5) is 17.8. The molecule has 1 aromatic heterocycles. The second-order valence-electron chi connectivity index (χ2n) is 5.36. The van der Waals surface area contributed by atoms with Gasteiger partial charge in [0.1, 0.15) is 0 Å². The predicted octanol–water partition coefficient (Wildman–Crippen LogP) is 5.86. The molecule has 0 radical (unpaired) electrons. The molecule has 0 fully saturated rings. The van der Waals surface area contributed by atoms with Crippen molar-refractivity contribution in [2.75, 3.05) is 5.32 Å². The van der Waals surface area contributed by atoms with E-state index in [9.17, 15) is 4.79 Å². The van der Waals surface area contributed by atoms with Gasteiger partial charge >= 0.3 is 6.03 Å². The van der Waals surface area contributed by atoms with E-state index in [0.29, 0.717) is 22.3 Å². The number of nitrogens with zero attached hydrogens (tertiary/aromatic N) is 1. The summed E-state index contributed by atoms with van der Waals surface area (Å²) in [6, 6.07) is 16.4. The van der Waals surface area contributed by atoms with Crippen LogP contribution in [0, 0.1) is 0 Å². The maximum Gasteiger partial charge on any atom is 0.319 e.